The number of benzene rings is 1. The summed E-state index contributed by atoms with van der Waals surface area (Å²) in [6, 6.07) is 10.6. The Morgan fingerprint density at radius 3 is 2.94 bits per heavy atom. The first kappa shape index (κ1) is 11.1. The zero-order valence-electron chi connectivity index (χ0n) is 10.6. The Balaban J connectivity index is 2.06. The normalized spacial score (nSPS) is 14.4. The Hall–Kier alpha value is -2.03. The topological polar surface area (TPSA) is 42.2 Å². The third kappa shape index (κ3) is 1.92. The summed E-state index contributed by atoms with van der Waals surface area (Å²) in [5, 5.41) is 0. The number of pyridine rings is 1. The molecule has 0 aliphatic carbocycles. The van der Waals surface area contributed by atoms with Crippen molar-refractivity contribution in [2.75, 3.05) is 17.2 Å². The Morgan fingerprint density at radius 2 is 2.11 bits per heavy atom. The van der Waals surface area contributed by atoms with Crippen LogP contribution in [0.25, 0.3) is 0 Å². The Kier molecular flexibility index (Phi) is 2.67. The largest absolute Gasteiger partial charge is 0.384 e. The molecule has 2 heterocycles. The van der Waals surface area contributed by atoms with Crippen molar-refractivity contribution >= 4 is 17.2 Å². The number of nitrogen functional groups attached to an aromatic ring is 1. The van der Waals surface area contributed by atoms with Gasteiger partial charge in [-0.3, -0.25) is 0 Å². The van der Waals surface area contributed by atoms with Gasteiger partial charge in [0.2, 0.25) is 0 Å². The fourth-order valence-corrected chi connectivity index (χ4v) is 2.60. The molecule has 1 aliphatic heterocycles. The molecule has 0 radical (unpaired) electrons. The van der Waals surface area contributed by atoms with Crippen LogP contribution in [0.2, 0.25) is 0 Å². The highest BCUT2D eigenvalue weighted by molar-refractivity contribution is 5.69. The molecule has 0 amide bonds. The summed E-state index contributed by atoms with van der Waals surface area (Å²) in [6.07, 6.45) is 4.11. The number of anilines is 3. The molecule has 0 spiro atoms. The summed E-state index contributed by atoms with van der Waals surface area (Å²) in [7, 11) is 0. The van der Waals surface area contributed by atoms with Gasteiger partial charge in [-0.2, -0.15) is 0 Å². The molecule has 0 saturated heterocycles. The number of fused-ring (bicyclic) bond motifs is 1. The van der Waals surface area contributed by atoms with Crippen LogP contribution in [0.15, 0.2) is 36.5 Å². The first-order chi connectivity index (χ1) is 8.74. The van der Waals surface area contributed by atoms with E-state index in [2.05, 4.69) is 35.0 Å². The summed E-state index contributed by atoms with van der Waals surface area (Å²) in [5.74, 6) is 0.576. The van der Waals surface area contributed by atoms with Crippen LogP contribution in [-0.2, 0) is 6.42 Å². The van der Waals surface area contributed by atoms with Crippen molar-refractivity contribution in [3.05, 3.63) is 47.7 Å². The lowest BCUT2D eigenvalue weighted by Crippen LogP contribution is -2.24. The van der Waals surface area contributed by atoms with Crippen LogP contribution in [0.3, 0.4) is 0 Å². The minimum absolute atomic E-state index is 0.576. The van der Waals surface area contributed by atoms with Crippen LogP contribution in [0.4, 0.5) is 17.2 Å². The van der Waals surface area contributed by atoms with Crippen molar-refractivity contribution in [3.63, 3.8) is 0 Å². The third-order valence-corrected chi connectivity index (χ3v) is 3.43. The van der Waals surface area contributed by atoms with Gasteiger partial charge in [-0.25, -0.2) is 4.98 Å². The fourth-order valence-electron chi connectivity index (χ4n) is 2.60. The highest BCUT2D eigenvalue weighted by atomic mass is 15.1. The number of hydrogen-bond donors (Lipinski definition) is 1. The third-order valence-electron chi connectivity index (χ3n) is 3.43. The molecule has 3 heteroatoms. The zero-order valence-corrected chi connectivity index (χ0v) is 10.6. The monoisotopic (exact) mass is 239 g/mol. The summed E-state index contributed by atoms with van der Waals surface area (Å²) in [4.78, 5) is 6.39. The van der Waals surface area contributed by atoms with Gasteiger partial charge in [0, 0.05) is 30.2 Å². The number of aromatic nitrogens is 1. The minimum Gasteiger partial charge on any atom is -0.384 e. The average Bonchev–Trinajstić information content (AvgIpc) is 2.37. The predicted molar refractivity (Wildman–Crippen MR) is 75.2 cm³/mol. The van der Waals surface area contributed by atoms with Crippen LogP contribution < -0.4 is 10.6 Å². The van der Waals surface area contributed by atoms with Gasteiger partial charge in [0.15, 0.2) is 0 Å². The van der Waals surface area contributed by atoms with Crippen molar-refractivity contribution in [1.29, 1.82) is 0 Å². The first-order valence-electron chi connectivity index (χ1n) is 6.32. The minimum atomic E-state index is 0.576. The summed E-state index contributed by atoms with van der Waals surface area (Å²) in [6.45, 7) is 3.18. The summed E-state index contributed by atoms with van der Waals surface area (Å²) in [5.41, 5.74) is 11.0. The maximum Gasteiger partial charge on any atom is 0.125 e. The SMILES string of the molecule is Cc1ccc2c(c1)CCCN2c1ccnc(N)c1. The van der Waals surface area contributed by atoms with E-state index >= 15 is 0 Å². The molecule has 3 rings (SSSR count). The Bertz CT molecular complexity index is 578. The quantitative estimate of drug-likeness (QED) is 0.831. The summed E-state index contributed by atoms with van der Waals surface area (Å²) < 4.78 is 0. The molecule has 3 nitrogen and oxygen atoms in total. The van der Waals surface area contributed by atoms with Gasteiger partial charge >= 0.3 is 0 Å². The Labute approximate surface area is 107 Å². The van der Waals surface area contributed by atoms with E-state index in [-0.39, 0.29) is 0 Å². The molecule has 1 aliphatic rings. The van der Waals surface area contributed by atoms with Crippen LogP contribution in [0.5, 0.6) is 0 Å². The van der Waals surface area contributed by atoms with Crippen molar-refractivity contribution < 1.29 is 0 Å². The predicted octanol–water partition coefficient (Wildman–Crippen LogP) is 3.06. The van der Waals surface area contributed by atoms with Crippen molar-refractivity contribution in [2.24, 2.45) is 0 Å². The first-order valence-corrected chi connectivity index (χ1v) is 6.32. The fraction of sp³-hybridized carbons (Fsp3) is 0.267. The van der Waals surface area contributed by atoms with Crippen LogP contribution in [-0.4, -0.2) is 11.5 Å². The molecule has 0 atom stereocenters. The second-order valence-corrected chi connectivity index (χ2v) is 4.83. The number of rotatable bonds is 1. The molecule has 18 heavy (non-hydrogen) atoms. The molecule has 2 N–H and O–H groups in total. The number of nitrogens with zero attached hydrogens (tertiary/aromatic N) is 2. The highest BCUT2D eigenvalue weighted by Crippen LogP contribution is 2.34. The Morgan fingerprint density at radius 1 is 1.22 bits per heavy atom. The van der Waals surface area contributed by atoms with Gasteiger partial charge < -0.3 is 10.6 Å². The molecule has 1 aromatic heterocycles. The van der Waals surface area contributed by atoms with Crippen LogP contribution in [0.1, 0.15) is 17.5 Å². The van der Waals surface area contributed by atoms with E-state index in [1.54, 1.807) is 6.20 Å². The van der Waals surface area contributed by atoms with E-state index in [4.69, 9.17) is 5.73 Å². The number of hydrogen-bond acceptors (Lipinski definition) is 3. The van der Waals surface area contributed by atoms with Crippen molar-refractivity contribution in [2.45, 2.75) is 19.8 Å². The van der Waals surface area contributed by atoms with E-state index < -0.39 is 0 Å². The smallest absolute Gasteiger partial charge is 0.125 e. The van der Waals surface area contributed by atoms with Crippen molar-refractivity contribution in [1.82, 2.24) is 4.98 Å². The second kappa shape index (κ2) is 4.33. The highest BCUT2D eigenvalue weighted by Gasteiger charge is 2.18. The van der Waals surface area contributed by atoms with Gasteiger partial charge in [0.1, 0.15) is 5.82 Å². The van der Waals surface area contributed by atoms with E-state index in [0.717, 1.165) is 18.7 Å². The van der Waals surface area contributed by atoms with Crippen molar-refractivity contribution in [3.8, 4) is 0 Å². The standard InChI is InChI=1S/C15H17N3/c1-11-4-5-14-12(9-11)3-2-8-18(14)13-6-7-17-15(16)10-13/h4-7,9-10H,2-3,8H2,1H3,(H2,16,17). The lowest BCUT2D eigenvalue weighted by molar-refractivity contribution is 0.766. The van der Waals surface area contributed by atoms with Gasteiger partial charge in [0.25, 0.3) is 0 Å². The maximum absolute atomic E-state index is 5.77. The van der Waals surface area contributed by atoms with E-state index in [9.17, 15) is 0 Å². The molecule has 1 aromatic carbocycles. The van der Waals surface area contributed by atoms with Gasteiger partial charge in [-0.1, -0.05) is 17.7 Å². The van der Waals surface area contributed by atoms with Gasteiger partial charge in [-0.05, 0) is 37.5 Å². The number of aryl methyl sites for hydroxylation is 2. The molecular weight excluding hydrogens is 222 g/mol. The molecule has 0 saturated carbocycles. The second-order valence-electron chi connectivity index (χ2n) is 4.83. The van der Waals surface area contributed by atoms with Crippen LogP contribution in [0, 0.1) is 6.92 Å². The maximum atomic E-state index is 5.77. The molecule has 0 bridgehead atoms. The van der Waals surface area contributed by atoms with E-state index in [0.29, 0.717) is 5.82 Å². The summed E-state index contributed by atoms with van der Waals surface area (Å²) >= 11 is 0. The zero-order chi connectivity index (χ0) is 12.5. The molecule has 0 fully saturated rings. The number of nitrogens with two attached hydrogens (primary N) is 1. The average molecular weight is 239 g/mol. The van der Waals surface area contributed by atoms with Crippen LogP contribution >= 0.6 is 0 Å². The molecular formula is C15H17N3. The van der Waals surface area contributed by atoms with Gasteiger partial charge in [0.05, 0.1) is 0 Å². The lowest BCUT2D eigenvalue weighted by Gasteiger charge is -2.31. The molecule has 2 aromatic rings. The molecule has 92 valence electrons. The van der Waals surface area contributed by atoms with Gasteiger partial charge in [-0.15, -0.1) is 0 Å². The van der Waals surface area contributed by atoms with E-state index in [1.165, 1.54) is 23.2 Å². The lowest BCUT2D eigenvalue weighted by atomic mass is 9.99. The molecule has 0 unspecified atom stereocenters. The van der Waals surface area contributed by atoms with E-state index in [1.807, 2.05) is 12.1 Å².